The molecule has 162 valence electrons. The normalized spacial score (nSPS) is 11.0. The summed E-state index contributed by atoms with van der Waals surface area (Å²) in [5.41, 5.74) is -0.514. The number of nitro benzene ring substituents is 1. The highest BCUT2D eigenvalue weighted by Crippen LogP contribution is 2.21. The Balaban J connectivity index is 1.96. The zero-order valence-corrected chi connectivity index (χ0v) is 16.9. The van der Waals surface area contributed by atoms with Crippen molar-refractivity contribution in [3.8, 4) is 0 Å². The second kappa shape index (κ2) is 9.80. The summed E-state index contributed by atoms with van der Waals surface area (Å²) >= 11 is 5.72. The van der Waals surface area contributed by atoms with Crippen LogP contribution in [-0.4, -0.2) is 16.7 Å². The third kappa shape index (κ3) is 5.52. The van der Waals surface area contributed by atoms with E-state index in [1.807, 2.05) is 0 Å². The number of nitrogens with one attached hydrogen (secondary N) is 2. The molecule has 0 fully saturated rings. The first kappa shape index (κ1) is 22.6. The van der Waals surface area contributed by atoms with Crippen LogP contribution in [0.15, 0.2) is 72.4 Å². The van der Waals surface area contributed by atoms with Gasteiger partial charge in [0, 0.05) is 17.8 Å². The number of rotatable bonds is 6. The fourth-order valence-corrected chi connectivity index (χ4v) is 2.84. The van der Waals surface area contributed by atoms with Crippen LogP contribution in [0.2, 0.25) is 5.02 Å². The predicted octanol–water partition coefficient (Wildman–Crippen LogP) is 4.94. The lowest BCUT2D eigenvalue weighted by Crippen LogP contribution is -2.31. The van der Waals surface area contributed by atoms with Gasteiger partial charge in [-0.05, 0) is 42.0 Å². The minimum Gasteiger partial charge on any atom is -0.321 e. The molecule has 2 amide bonds. The fraction of sp³-hybridized carbons (Fsp3) is 0. The highest BCUT2D eigenvalue weighted by molar-refractivity contribution is 6.31. The Morgan fingerprint density at radius 3 is 2.41 bits per heavy atom. The zero-order chi connectivity index (χ0) is 23.3. The van der Waals surface area contributed by atoms with E-state index in [0.717, 1.165) is 12.1 Å². The number of non-ortho nitro benzene ring substituents is 1. The number of carbonyl (C=O) groups excluding carboxylic acids is 2. The molecule has 0 heterocycles. The molecule has 0 radical (unpaired) electrons. The lowest BCUT2D eigenvalue weighted by molar-refractivity contribution is -0.384. The molecule has 0 bridgehead atoms. The molecule has 3 aromatic carbocycles. The van der Waals surface area contributed by atoms with Crippen molar-refractivity contribution >= 4 is 40.9 Å². The first-order valence-electron chi connectivity index (χ1n) is 9.03. The van der Waals surface area contributed by atoms with Crippen LogP contribution in [0, 0.1) is 21.7 Å². The number of carbonyl (C=O) groups is 2. The van der Waals surface area contributed by atoms with Crippen LogP contribution in [0.4, 0.5) is 20.2 Å². The van der Waals surface area contributed by atoms with Gasteiger partial charge in [0.05, 0.1) is 15.5 Å². The van der Waals surface area contributed by atoms with Gasteiger partial charge < -0.3 is 10.6 Å². The van der Waals surface area contributed by atoms with E-state index in [0.29, 0.717) is 0 Å². The Hall–Kier alpha value is -4.11. The van der Waals surface area contributed by atoms with Gasteiger partial charge in [-0.2, -0.15) is 0 Å². The highest BCUT2D eigenvalue weighted by atomic mass is 35.5. The number of benzene rings is 3. The summed E-state index contributed by atoms with van der Waals surface area (Å²) in [5, 5.41) is 15.5. The Kier molecular flexibility index (Phi) is 6.91. The van der Waals surface area contributed by atoms with Crippen LogP contribution in [0.1, 0.15) is 15.9 Å². The van der Waals surface area contributed by atoms with Gasteiger partial charge in [-0.25, -0.2) is 8.78 Å². The smallest absolute Gasteiger partial charge is 0.272 e. The van der Waals surface area contributed by atoms with Gasteiger partial charge in [0.2, 0.25) is 0 Å². The second-order valence-corrected chi connectivity index (χ2v) is 6.83. The van der Waals surface area contributed by atoms with E-state index >= 15 is 0 Å². The first-order valence-corrected chi connectivity index (χ1v) is 9.41. The van der Waals surface area contributed by atoms with Crippen LogP contribution >= 0.6 is 11.6 Å². The number of anilines is 1. The third-order valence-electron chi connectivity index (χ3n) is 4.18. The molecular formula is C22H14ClF2N3O4. The number of amides is 2. The molecule has 0 atom stereocenters. The maximum absolute atomic E-state index is 14.0. The van der Waals surface area contributed by atoms with Crippen molar-refractivity contribution in [1.82, 2.24) is 5.32 Å². The SMILES string of the molecule is O=C(Nc1ccc(F)c(Cl)c1)/C(=C/c1cccc([N+](=O)[O-])c1)NC(=O)c1ccccc1F. The van der Waals surface area contributed by atoms with E-state index < -0.39 is 28.4 Å². The quantitative estimate of drug-likeness (QED) is 0.311. The van der Waals surface area contributed by atoms with Crippen LogP contribution in [-0.2, 0) is 4.79 Å². The van der Waals surface area contributed by atoms with Crippen molar-refractivity contribution in [2.45, 2.75) is 0 Å². The summed E-state index contributed by atoms with van der Waals surface area (Å²) in [5.74, 6) is -3.24. The van der Waals surface area contributed by atoms with E-state index in [9.17, 15) is 28.5 Å². The monoisotopic (exact) mass is 457 g/mol. The summed E-state index contributed by atoms with van der Waals surface area (Å²) < 4.78 is 27.4. The van der Waals surface area contributed by atoms with Crippen LogP contribution in [0.5, 0.6) is 0 Å². The van der Waals surface area contributed by atoms with E-state index in [2.05, 4.69) is 10.6 Å². The maximum Gasteiger partial charge on any atom is 0.272 e. The zero-order valence-electron chi connectivity index (χ0n) is 16.1. The predicted molar refractivity (Wildman–Crippen MR) is 115 cm³/mol. The number of hydrogen-bond donors (Lipinski definition) is 2. The van der Waals surface area contributed by atoms with Crippen molar-refractivity contribution in [3.63, 3.8) is 0 Å². The molecule has 0 unspecified atom stereocenters. The fourth-order valence-electron chi connectivity index (χ4n) is 2.66. The number of nitrogens with zero attached hydrogens (tertiary/aromatic N) is 1. The molecule has 0 spiro atoms. The standard InChI is InChI=1S/C22H14ClF2N3O4/c23-17-12-14(8-9-19(17)25)26-22(30)20(11-13-4-3-5-15(10-13)28(31)32)27-21(29)16-6-1-2-7-18(16)24/h1-12H,(H,26,30)(H,27,29)/b20-11-. The average Bonchev–Trinajstić information content (AvgIpc) is 2.76. The Morgan fingerprint density at radius 1 is 0.969 bits per heavy atom. The molecule has 32 heavy (non-hydrogen) atoms. The molecule has 0 saturated carbocycles. The largest absolute Gasteiger partial charge is 0.321 e. The molecule has 3 aromatic rings. The van der Waals surface area contributed by atoms with E-state index in [4.69, 9.17) is 11.6 Å². The average molecular weight is 458 g/mol. The molecule has 3 rings (SSSR count). The Morgan fingerprint density at radius 2 is 1.72 bits per heavy atom. The van der Waals surface area contributed by atoms with Gasteiger partial charge in [0.1, 0.15) is 17.3 Å². The summed E-state index contributed by atoms with van der Waals surface area (Å²) in [6.07, 6.45) is 1.19. The number of halogens is 3. The van der Waals surface area contributed by atoms with E-state index in [-0.39, 0.29) is 33.2 Å². The lowest BCUT2D eigenvalue weighted by atomic mass is 10.1. The Bertz CT molecular complexity index is 1250. The summed E-state index contributed by atoms with van der Waals surface area (Å²) in [7, 11) is 0. The van der Waals surface area contributed by atoms with Gasteiger partial charge >= 0.3 is 0 Å². The van der Waals surface area contributed by atoms with Gasteiger partial charge in [0.15, 0.2) is 0 Å². The molecular weight excluding hydrogens is 444 g/mol. The van der Waals surface area contributed by atoms with Gasteiger partial charge in [0.25, 0.3) is 17.5 Å². The topological polar surface area (TPSA) is 101 Å². The van der Waals surface area contributed by atoms with Crippen LogP contribution in [0.3, 0.4) is 0 Å². The lowest BCUT2D eigenvalue weighted by Gasteiger charge is -2.12. The molecule has 0 saturated heterocycles. The van der Waals surface area contributed by atoms with Crippen LogP contribution in [0.25, 0.3) is 6.08 Å². The van der Waals surface area contributed by atoms with Crippen molar-refractivity contribution in [1.29, 1.82) is 0 Å². The van der Waals surface area contributed by atoms with Gasteiger partial charge in [-0.3, -0.25) is 19.7 Å². The molecule has 0 aliphatic carbocycles. The van der Waals surface area contributed by atoms with Crippen molar-refractivity contribution in [2.24, 2.45) is 0 Å². The molecule has 7 nitrogen and oxygen atoms in total. The number of hydrogen-bond acceptors (Lipinski definition) is 4. The summed E-state index contributed by atoms with van der Waals surface area (Å²) in [6, 6.07) is 13.9. The number of nitro groups is 1. The second-order valence-electron chi connectivity index (χ2n) is 6.43. The summed E-state index contributed by atoms with van der Waals surface area (Å²) in [4.78, 5) is 35.8. The molecule has 0 aliphatic heterocycles. The molecule has 0 aromatic heterocycles. The summed E-state index contributed by atoms with van der Waals surface area (Å²) in [6.45, 7) is 0. The molecule has 10 heteroatoms. The van der Waals surface area contributed by atoms with E-state index in [1.165, 1.54) is 60.7 Å². The minimum absolute atomic E-state index is 0.131. The van der Waals surface area contributed by atoms with Crippen molar-refractivity contribution < 1.29 is 23.3 Å². The first-order chi connectivity index (χ1) is 15.2. The molecule has 2 N–H and O–H groups in total. The highest BCUT2D eigenvalue weighted by Gasteiger charge is 2.18. The maximum atomic E-state index is 14.0. The van der Waals surface area contributed by atoms with Gasteiger partial charge in [-0.1, -0.05) is 35.9 Å². The van der Waals surface area contributed by atoms with Crippen molar-refractivity contribution in [2.75, 3.05) is 5.32 Å². The molecule has 0 aliphatic rings. The Labute approximate surface area is 185 Å². The van der Waals surface area contributed by atoms with Crippen molar-refractivity contribution in [3.05, 3.63) is 110 Å². The van der Waals surface area contributed by atoms with E-state index in [1.54, 1.807) is 0 Å². The van der Waals surface area contributed by atoms with Crippen LogP contribution < -0.4 is 10.6 Å². The third-order valence-corrected chi connectivity index (χ3v) is 4.47. The minimum atomic E-state index is -0.910. The van der Waals surface area contributed by atoms with Gasteiger partial charge in [-0.15, -0.1) is 0 Å².